The Labute approximate surface area is 125 Å². The van der Waals surface area contributed by atoms with Gasteiger partial charge in [-0.25, -0.2) is 4.98 Å². The van der Waals surface area contributed by atoms with Crippen LogP contribution in [-0.2, 0) is 0 Å². The molecule has 8 nitrogen and oxygen atoms in total. The molecule has 0 bridgehead atoms. The number of amides is 1. The van der Waals surface area contributed by atoms with Crippen LogP contribution in [0.4, 0.5) is 11.5 Å². The number of pyridine rings is 1. The van der Waals surface area contributed by atoms with Crippen molar-refractivity contribution in [2.24, 2.45) is 0 Å². The quantitative estimate of drug-likeness (QED) is 0.647. The Morgan fingerprint density at radius 3 is 2.86 bits per heavy atom. The number of nitro groups is 1. The summed E-state index contributed by atoms with van der Waals surface area (Å²) in [7, 11) is 0. The monoisotopic (exact) mass is 303 g/mol. The van der Waals surface area contributed by atoms with Gasteiger partial charge in [0.2, 0.25) is 0 Å². The fourth-order valence-electron chi connectivity index (χ4n) is 1.71. The number of ether oxygens (including phenoxy) is 1. The van der Waals surface area contributed by atoms with Crippen LogP contribution < -0.4 is 10.1 Å². The van der Waals surface area contributed by atoms with E-state index in [-0.39, 0.29) is 11.5 Å². The summed E-state index contributed by atoms with van der Waals surface area (Å²) in [6.45, 7) is 2.29. The minimum Gasteiger partial charge on any atom is -0.504 e. The van der Waals surface area contributed by atoms with Crippen LogP contribution in [0.25, 0.3) is 0 Å². The van der Waals surface area contributed by atoms with Crippen molar-refractivity contribution < 1.29 is 19.6 Å². The van der Waals surface area contributed by atoms with Crippen LogP contribution in [0.15, 0.2) is 36.5 Å². The third kappa shape index (κ3) is 3.48. The number of aromatic hydroxyl groups is 1. The molecule has 8 heteroatoms. The van der Waals surface area contributed by atoms with Crippen LogP contribution in [-0.4, -0.2) is 27.5 Å². The lowest BCUT2D eigenvalue weighted by Crippen LogP contribution is -2.13. The molecule has 0 atom stereocenters. The maximum Gasteiger partial charge on any atom is 0.291 e. The first-order valence-electron chi connectivity index (χ1n) is 6.39. The van der Waals surface area contributed by atoms with Crippen LogP contribution >= 0.6 is 0 Å². The van der Waals surface area contributed by atoms with Crippen molar-refractivity contribution in [3.05, 3.63) is 52.2 Å². The van der Waals surface area contributed by atoms with Crippen molar-refractivity contribution in [1.82, 2.24) is 4.98 Å². The summed E-state index contributed by atoms with van der Waals surface area (Å²) in [4.78, 5) is 25.6. The highest BCUT2D eigenvalue weighted by molar-refractivity contribution is 6.04. The molecule has 0 spiro atoms. The molecular formula is C14H13N3O5. The highest BCUT2D eigenvalue weighted by atomic mass is 16.6. The van der Waals surface area contributed by atoms with E-state index >= 15 is 0 Å². The molecule has 22 heavy (non-hydrogen) atoms. The number of carbonyl (C=O) groups excluding carboxylic acids is 1. The van der Waals surface area contributed by atoms with Gasteiger partial charge in [0.05, 0.1) is 17.6 Å². The van der Waals surface area contributed by atoms with Gasteiger partial charge in [0, 0.05) is 5.56 Å². The molecule has 2 rings (SSSR count). The zero-order chi connectivity index (χ0) is 16.1. The highest BCUT2D eigenvalue weighted by Crippen LogP contribution is 2.25. The van der Waals surface area contributed by atoms with E-state index in [1.807, 2.05) is 6.92 Å². The average molecular weight is 303 g/mol. The highest BCUT2D eigenvalue weighted by Gasteiger charge is 2.15. The van der Waals surface area contributed by atoms with Gasteiger partial charge in [0.15, 0.2) is 11.6 Å². The van der Waals surface area contributed by atoms with Gasteiger partial charge in [-0.05, 0) is 25.1 Å². The Balaban J connectivity index is 2.18. The van der Waals surface area contributed by atoms with E-state index in [9.17, 15) is 20.0 Å². The second-order valence-electron chi connectivity index (χ2n) is 4.23. The first-order valence-corrected chi connectivity index (χ1v) is 6.39. The van der Waals surface area contributed by atoms with Gasteiger partial charge in [-0.3, -0.25) is 14.9 Å². The first-order chi connectivity index (χ1) is 10.5. The molecule has 1 aromatic carbocycles. The zero-order valence-electron chi connectivity index (χ0n) is 11.6. The minimum absolute atomic E-state index is 0.155. The molecule has 0 fully saturated rings. The zero-order valence-corrected chi connectivity index (χ0v) is 11.6. The lowest BCUT2D eigenvalue weighted by Gasteiger charge is -2.08. The summed E-state index contributed by atoms with van der Waals surface area (Å²) in [5, 5.41) is 22.6. The SMILES string of the molecule is CCOc1cccc(C(=O)Nc2ncc([N+](=O)[O-])cc2O)c1. The Hall–Kier alpha value is -3.16. The molecule has 1 amide bonds. The molecule has 0 aliphatic rings. The molecule has 1 aromatic heterocycles. The van der Waals surface area contributed by atoms with Crippen molar-refractivity contribution in [3.63, 3.8) is 0 Å². The first kappa shape index (κ1) is 15.2. The van der Waals surface area contributed by atoms with Crippen LogP contribution in [0.2, 0.25) is 0 Å². The Morgan fingerprint density at radius 1 is 1.45 bits per heavy atom. The van der Waals surface area contributed by atoms with Crippen molar-refractivity contribution >= 4 is 17.4 Å². The van der Waals surface area contributed by atoms with E-state index < -0.39 is 16.6 Å². The molecule has 2 N–H and O–H groups in total. The number of rotatable bonds is 5. The van der Waals surface area contributed by atoms with Crippen molar-refractivity contribution in [3.8, 4) is 11.5 Å². The molecular weight excluding hydrogens is 290 g/mol. The standard InChI is InChI=1S/C14H13N3O5/c1-2-22-11-5-3-4-9(6-11)14(19)16-13-12(18)7-10(8-15-13)17(20)21/h3-8,18H,2H2,1H3,(H,15,16,19). The smallest absolute Gasteiger partial charge is 0.291 e. The fraction of sp³-hybridized carbons (Fsp3) is 0.143. The molecule has 1 heterocycles. The Bertz CT molecular complexity index is 717. The van der Waals surface area contributed by atoms with Crippen LogP contribution in [0, 0.1) is 10.1 Å². The summed E-state index contributed by atoms with van der Waals surface area (Å²) in [5.41, 5.74) is -0.0562. The Morgan fingerprint density at radius 2 is 2.23 bits per heavy atom. The van der Waals surface area contributed by atoms with Gasteiger partial charge in [0.25, 0.3) is 11.6 Å². The number of carbonyl (C=O) groups is 1. The molecule has 0 saturated heterocycles. The van der Waals surface area contributed by atoms with Crippen LogP contribution in [0.1, 0.15) is 17.3 Å². The average Bonchev–Trinajstić information content (AvgIpc) is 2.49. The predicted molar refractivity (Wildman–Crippen MR) is 78.1 cm³/mol. The van der Waals surface area contributed by atoms with E-state index in [0.717, 1.165) is 12.3 Å². The number of hydrogen-bond donors (Lipinski definition) is 2. The van der Waals surface area contributed by atoms with E-state index in [2.05, 4.69) is 10.3 Å². The third-order valence-electron chi connectivity index (χ3n) is 2.70. The van der Waals surface area contributed by atoms with E-state index in [0.29, 0.717) is 17.9 Å². The lowest BCUT2D eigenvalue weighted by atomic mass is 10.2. The number of anilines is 1. The topological polar surface area (TPSA) is 115 Å². The van der Waals surface area contributed by atoms with E-state index in [1.165, 1.54) is 0 Å². The summed E-state index contributed by atoms with van der Waals surface area (Å²) in [6.07, 6.45) is 0.950. The van der Waals surface area contributed by atoms with Gasteiger partial charge in [-0.2, -0.15) is 0 Å². The third-order valence-corrected chi connectivity index (χ3v) is 2.70. The van der Waals surface area contributed by atoms with Gasteiger partial charge < -0.3 is 15.2 Å². The normalized spacial score (nSPS) is 10.0. The molecule has 0 aliphatic carbocycles. The van der Waals surface area contributed by atoms with E-state index in [1.54, 1.807) is 24.3 Å². The van der Waals surface area contributed by atoms with Crippen LogP contribution in [0.5, 0.6) is 11.5 Å². The molecule has 0 radical (unpaired) electrons. The van der Waals surface area contributed by atoms with Gasteiger partial charge >= 0.3 is 0 Å². The molecule has 2 aromatic rings. The van der Waals surface area contributed by atoms with Crippen molar-refractivity contribution in [2.75, 3.05) is 11.9 Å². The largest absolute Gasteiger partial charge is 0.504 e. The molecule has 114 valence electrons. The molecule has 0 unspecified atom stereocenters. The minimum atomic E-state index is -0.691. The Kier molecular flexibility index (Phi) is 4.52. The number of hydrogen-bond acceptors (Lipinski definition) is 6. The summed E-state index contributed by atoms with van der Waals surface area (Å²) in [6, 6.07) is 7.39. The van der Waals surface area contributed by atoms with Gasteiger partial charge in [-0.15, -0.1) is 0 Å². The maximum absolute atomic E-state index is 12.1. The summed E-state index contributed by atoms with van der Waals surface area (Å²) in [5.74, 6) is -0.616. The summed E-state index contributed by atoms with van der Waals surface area (Å²) >= 11 is 0. The lowest BCUT2D eigenvalue weighted by molar-refractivity contribution is -0.385. The summed E-state index contributed by atoms with van der Waals surface area (Å²) < 4.78 is 5.29. The van der Waals surface area contributed by atoms with Crippen molar-refractivity contribution in [1.29, 1.82) is 0 Å². The van der Waals surface area contributed by atoms with Crippen molar-refractivity contribution in [2.45, 2.75) is 6.92 Å². The van der Waals surface area contributed by atoms with Gasteiger partial charge in [0.1, 0.15) is 11.9 Å². The second-order valence-corrected chi connectivity index (χ2v) is 4.23. The van der Waals surface area contributed by atoms with Crippen LogP contribution in [0.3, 0.4) is 0 Å². The number of nitrogens with zero attached hydrogens (tertiary/aromatic N) is 2. The number of benzene rings is 1. The van der Waals surface area contributed by atoms with Gasteiger partial charge in [-0.1, -0.05) is 6.07 Å². The molecule has 0 aliphatic heterocycles. The van der Waals surface area contributed by atoms with E-state index in [4.69, 9.17) is 4.74 Å². The second kappa shape index (κ2) is 6.53. The number of nitrogens with one attached hydrogen (secondary N) is 1. The fourth-order valence-corrected chi connectivity index (χ4v) is 1.71. The predicted octanol–water partition coefficient (Wildman–Crippen LogP) is 2.35. The maximum atomic E-state index is 12.1. The number of aromatic nitrogens is 1. The molecule has 0 saturated carbocycles.